The van der Waals surface area contributed by atoms with E-state index in [0.717, 1.165) is 6.20 Å². The van der Waals surface area contributed by atoms with Crippen LogP contribution in [0.1, 0.15) is 32.1 Å². The fourth-order valence-corrected chi connectivity index (χ4v) is 4.25. The smallest absolute Gasteiger partial charge is 0.350 e. The van der Waals surface area contributed by atoms with Crippen molar-refractivity contribution < 1.29 is 22.8 Å². The molecule has 186 valence electrons. The summed E-state index contributed by atoms with van der Waals surface area (Å²) < 4.78 is 43.0. The summed E-state index contributed by atoms with van der Waals surface area (Å²) in [6.45, 7) is 0. The Kier molecular flexibility index (Phi) is 6.26. The number of alkyl halides is 3. The average molecular weight is 543 g/mol. The molecule has 11 heteroatoms. The van der Waals surface area contributed by atoms with Gasteiger partial charge in [-0.25, -0.2) is 4.68 Å². The lowest BCUT2D eigenvalue weighted by Gasteiger charge is -2.13. The van der Waals surface area contributed by atoms with E-state index in [1.54, 1.807) is 48.5 Å². The minimum Gasteiger partial charge on any atom is -0.350 e. The molecular formula is C26H15Cl2F3N4O2. The third-order valence-corrected chi connectivity index (χ3v) is 6.10. The molecule has 0 spiro atoms. The summed E-state index contributed by atoms with van der Waals surface area (Å²) in [5.41, 5.74) is -1.15. The van der Waals surface area contributed by atoms with Gasteiger partial charge in [0.05, 0.1) is 23.1 Å². The first-order chi connectivity index (χ1) is 17.6. The van der Waals surface area contributed by atoms with Gasteiger partial charge in [-0.3, -0.25) is 9.59 Å². The predicted octanol–water partition coefficient (Wildman–Crippen LogP) is 7.16. The first-order valence-electron chi connectivity index (χ1n) is 10.8. The molecule has 0 aliphatic rings. The minimum absolute atomic E-state index is 0.00420. The number of rotatable bonds is 5. The first-order valence-corrected chi connectivity index (χ1v) is 11.5. The quantitative estimate of drug-likeness (QED) is 0.231. The Bertz CT molecular complexity index is 1640. The molecule has 0 saturated heterocycles. The lowest BCUT2D eigenvalue weighted by atomic mass is 10.1. The summed E-state index contributed by atoms with van der Waals surface area (Å²) >= 11 is 11.9. The Labute approximate surface area is 217 Å². The molecule has 0 radical (unpaired) electrons. The molecule has 2 N–H and O–H groups in total. The van der Waals surface area contributed by atoms with Crippen molar-refractivity contribution in [1.82, 2.24) is 14.8 Å². The van der Waals surface area contributed by atoms with Gasteiger partial charge in [0.2, 0.25) is 5.78 Å². The molecule has 0 unspecified atom stereocenters. The van der Waals surface area contributed by atoms with Crippen LogP contribution in [0, 0.1) is 0 Å². The highest BCUT2D eigenvalue weighted by Gasteiger charge is 2.41. The van der Waals surface area contributed by atoms with E-state index in [0.29, 0.717) is 31.2 Å². The van der Waals surface area contributed by atoms with Crippen LogP contribution in [-0.2, 0) is 6.18 Å². The molecule has 0 aliphatic heterocycles. The van der Waals surface area contributed by atoms with Crippen molar-refractivity contribution in [3.63, 3.8) is 0 Å². The third kappa shape index (κ3) is 4.71. The van der Waals surface area contributed by atoms with E-state index in [2.05, 4.69) is 15.4 Å². The fraction of sp³-hybridized carbons (Fsp3) is 0.0385. The number of H-pyrrole nitrogens is 1. The van der Waals surface area contributed by atoms with E-state index in [-0.39, 0.29) is 17.1 Å². The van der Waals surface area contributed by atoms with E-state index < -0.39 is 29.1 Å². The standard InChI is InChI=1S/C26H15Cl2F3N4O2/c27-15-6-9-17(10-7-15)35-24(26(29,30)31)19(13-32-35)25(37)34-21-18-11-8-16(28)12-20(18)33-22(21)23(36)14-4-2-1-3-5-14/h1-13,33H,(H,34,37). The number of carbonyl (C=O) groups is 2. The number of anilines is 1. The van der Waals surface area contributed by atoms with Crippen molar-refractivity contribution in [2.75, 3.05) is 5.32 Å². The van der Waals surface area contributed by atoms with Crippen LogP contribution in [-0.4, -0.2) is 26.5 Å². The number of nitrogens with one attached hydrogen (secondary N) is 2. The van der Waals surface area contributed by atoms with E-state index in [1.807, 2.05) is 0 Å². The van der Waals surface area contributed by atoms with Gasteiger partial charge in [-0.2, -0.15) is 18.3 Å². The zero-order valence-electron chi connectivity index (χ0n) is 18.6. The summed E-state index contributed by atoms with van der Waals surface area (Å²) in [6.07, 6.45) is -4.09. The van der Waals surface area contributed by atoms with Crippen LogP contribution in [0.3, 0.4) is 0 Å². The minimum atomic E-state index is -4.92. The van der Waals surface area contributed by atoms with Crippen molar-refractivity contribution >= 4 is 51.5 Å². The number of ketones is 1. The molecule has 37 heavy (non-hydrogen) atoms. The number of fused-ring (bicyclic) bond motifs is 1. The summed E-state index contributed by atoms with van der Waals surface area (Å²) in [4.78, 5) is 29.5. The monoisotopic (exact) mass is 542 g/mol. The molecule has 0 fully saturated rings. The van der Waals surface area contributed by atoms with Gasteiger partial charge in [-0.1, -0.05) is 53.5 Å². The van der Waals surface area contributed by atoms with Crippen LogP contribution >= 0.6 is 23.2 Å². The SMILES string of the molecule is O=C(Nc1c(C(=O)c2ccccc2)[nH]c2cc(Cl)ccc12)c1cnn(-c2ccc(Cl)cc2)c1C(F)(F)F. The Morgan fingerprint density at radius 2 is 1.59 bits per heavy atom. The Morgan fingerprint density at radius 3 is 2.27 bits per heavy atom. The first kappa shape index (κ1) is 24.6. The van der Waals surface area contributed by atoms with Gasteiger partial charge in [0.15, 0.2) is 5.69 Å². The largest absolute Gasteiger partial charge is 0.434 e. The normalized spacial score (nSPS) is 11.6. The van der Waals surface area contributed by atoms with Gasteiger partial charge in [0, 0.05) is 26.5 Å². The van der Waals surface area contributed by atoms with Gasteiger partial charge < -0.3 is 10.3 Å². The number of halogens is 5. The summed E-state index contributed by atoms with van der Waals surface area (Å²) in [6, 6.07) is 18.4. The second kappa shape index (κ2) is 9.42. The molecular weight excluding hydrogens is 528 g/mol. The maximum atomic E-state index is 14.1. The molecule has 0 bridgehead atoms. The summed E-state index contributed by atoms with van der Waals surface area (Å²) in [7, 11) is 0. The van der Waals surface area contributed by atoms with Crippen LogP contribution in [0.5, 0.6) is 0 Å². The number of nitrogens with zero attached hydrogens (tertiary/aromatic N) is 2. The van der Waals surface area contributed by atoms with Crippen LogP contribution in [0.4, 0.5) is 18.9 Å². The number of carbonyl (C=O) groups excluding carboxylic acids is 2. The Morgan fingerprint density at radius 1 is 0.919 bits per heavy atom. The van der Waals surface area contributed by atoms with E-state index >= 15 is 0 Å². The second-order valence-corrected chi connectivity index (χ2v) is 8.88. The van der Waals surface area contributed by atoms with Crippen LogP contribution in [0.25, 0.3) is 16.6 Å². The number of benzene rings is 3. The molecule has 0 atom stereocenters. The fourth-order valence-electron chi connectivity index (χ4n) is 3.95. The summed E-state index contributed by atoms with van der Waals surface area (Å²) in [5, 5.41) is 7.41. The van der Waals surface area contributed by atoms with Crippen LogP contribution in [0.15, 0.2) is 79.0 Å². The highest BCUT2D eigenvalue weighted by atomic mass is 35.5. The number of hydrogen-bond acceptors (Lipinski definition) is 3. The molecule has 0 aliphatic carbocycles. The average Bonchev–Trinajstić information content (AvgIpc) is 3.47. The summed E-state index contributed by atoms with van der Waals surface area (Å²) in [5.74, 6) is -1.55. The van der Waals surface area contributed by atoms with Gasteiger partial charge in [0.1, 0.15) is 5.69 Å². The van der Waals surface area contributed by atoms with E-state index in [1.165, 1.54) is 24.3 Å². The Balaban J connectivity index is 1.61. The third-order valence-electron chi connectivity index (χ3n) is 5.62. The molecule has 0 saturated carbocycles. The maximum Gasteiger partial charge on any atom is 0.434 e. The van der Waals surface area contributed by atoms with Gasteiger partial charge >= 0.3 is 6.18 Å². The van der Waals surface area contributed by atoms with Gasteiger partial charge in [0.25, 0.3) is 5.91 Å². The van der Waals surface area contributed by atoms with Crippen molar-refractivity contribution in [2.45, 2.75) is 6.18 Å². The van der Waals surface area contributed by atoms with Crippen LogP contribution < -0.4 is 5.32 Å². The van der Waals surface area contributed by atoms with Crippen molar-refractivity contribution in [3.8, 4) is 5.69 Å². The number of amides is 1. The maximum absolute atomic E-state index is 14.1. The molecule has 2 aromatic heterocycles. The predicted molar refractivity (Wildman–Crippen MR) is 135 cm³/mol. The molecule has 5 rings (SSSR count). The van der Waals surface area contributed by atoms with Crippen molar-refractivity contribution in [1.29, 1.82) is 0 Å². The zero-order chi connectivity index (χ0) is 26.3. The highest BCUT2D eigenvalue weighted by Crippen LogP contribution is 2.36. The lowest BCUT2D eigenvalue weighted by molar-refractivity contribution is -0.143. The Hall–Kier alpha value is -4.08. The lowest BCUT2D eigenvalue weighted by Crippen LogP contribution is -2.21. The van der Waals surface area contributed by atoms with E-state index in [9.17, 15) is 22.8 Å². The van der Waals surface area contributed by atoms with Crippen molar-refractivity contribution in [2.24, 2.45) is 0 Å². The number of aromatic nitrogens is 3. The molecule has 5 aromatic rings. The second-order valence-electron chi connectivity index (χ2n) is 8.01. The van der Waals surface area contributed by atoms with Crippen molar-refractivity contribution in [3.05, 3.63) is 112 Å². The van der Waals surface area contributed by atoms with E-state index in [4.69, 9.17) is 23.2 Å². The molecule has 1 amide bonds. The van der Waals surface area contributed by atoms with Gasteiger partial charge in [-0.05, 0) is 42.5 Å². The molecule has 2 heterocycles. The molecule has 6 nitrogen and oxygen atoms in total. The van der Waals surface area contributed by atoms with Gasteiger partial charge in [-0.15, -0.1) is 0 Å². The van der Waals surface area contributed by atoms with Crippen LogP contribution in [0.2, 0.25) is 10.0 Å². The number of hydrogen-bond donors (Lipinski definition) is 2. The zero-order valence-corrected chi connectivity index (χ0v) is 20.1. The number of aromatic amines is 1. The highest BCUT2D eigenvalue weighted by molar-refractivity contribution is 6.31. The molecule has 3 aromatic carbocycles. The topological polar surface area (TPSA) is 79.8 Å².